The number of nitrogens with zero attached hydrogens (tertiary/aromatic N) is 1. The summed E-state index contributed by atoms with van der Waals surface area (Å²) in [5.74, 6) is 1.35. The highest BCUT2D eigenvalue weighted by Crippen LogP contribution is 2.15. The number of amidine groups is 1. The van der Waals surface area contributed by atoms with Gasteiger partial charge in [0.1, 0.15) is 0 Å². The first-order valence-corrected chi connectivity index (χ1v) is 3.03. The number of rotatable bonds is 0. The summed E-state index contributed by atoms with van der Waals surface area (Å²) in [6.45, 7) is 4.21. The van der Waals surface area contributed by atoms with Gasteiger partial charge in [0, 0.05) is 12.0 Å². The van der Waals surface area contributed by atoms with E-state index in [1.165, 1.54) is 0 Å². The van der Waals surface area contributed by atoms with Gasteiger partial charge in [0.2, 0.25) is 0 Å². The minimum absolute atomic E-state index is 0.463. The second kappa shape index (κ2) is 1.77. The fourth-order valence-corrected chi connectivity index (χ4v) is 1.07. The largest absolute Gasteiger partial charge is 0.387 e. The van der Waals surface area contributed by atoms with Crippen LogP contribution in [-0.4, -0.2) is 11.9 Å². The maximum atomic E-state index is 5.52. The molecule has 46 valence electrons. The van der Waals surface area contributed by atoms with Crippen molar-refractivity contribution in [2.24, 2.45) is 16.6 Å². The van der Waals surface area contributed by atoms with Crippen LogP contribution in [0.25, 0.3) is 0 Å². The monoisotopic (exact) mass is 112 g/mol. The Bertz CT molecular complexity index is 118. The molecule has 0 saturated carbocycles. The van der Waals surface area contributed by atoms with Crippen LogP contribution in [0, 0.1) is 5.92 Å². The molecule has 0 saturated heterocycles. The molecular weight excluding hydrogens is 100 g/mol. The van der Waals surface area contributed by atoms with Gasteiger partial charge in [-0.05, 0) is 13.3 Å². The Balaban J connectivity index is 2.59. The van der Waals surface area contributed by atoms with Crippen LogP contribution >= 0.6 is 0 Å². The number of nitrogens with two attached hydrogens (primary N) is 1. The van der Waals surface area contributed by atoms with Gasteiger partial charge in [-0.1, -0.05) is 6.92 Å². The number of hydrogen-bond acceptors (Lipinski definition) is 2. The molecule has 0 bridgehead atoms. The summed E-state index contributed by atoms with van der Waals surface area (Å²) >= 11 is 0. The van der Waals surface area contributed by atoms with E-state index in [1.807, 2.05) is 0 Å². The molecule has 1 aliphatic heterocycles. The lowest BCUT2D eigenvalue weighted by atomic mass is 10.1. The van der Waals surface area contributed by atoms with Crippen LogP contribution in [0.1, 0.15) is 20.3 Å². The third-order valence-electron chi connectivity index (χ3n) is 1.57. The first-order chi connectivity index (χ1) is 3.70. The van der Waals surface area contributed by atoms with E-state index in [-0.39, 0.29) is 0 Å². The van der Waals surface area contributed by atoms with Gasteiger partial charge >= 0.3 is 0 Å². The van der Waals surface area contributed by atoms with Crippen molar-refractivity contribution in [2.45, 2.75) is 26.3 Å². The van der Waals surface area contributed by atoms with E-state index in [0.717, 1.165) is 12.3 Å². The smallest absolute Gasteiger partial charge is 0.0969 e. The lowest BCUT2D eigenvalue weighted by Crippen LogP contribution is -2.15. The number of aliphatic imine (C=N–C) groups is 1. The molecule has 0 aromatic heterocycles. The molecule has 0 amide bonds. The quantitative estimate of drug-likeness (QED) is 0.494. The second-order valence-corrected chi connectivity index (χ2v) is 2.54. The highest BCUT2D eigenvalue weighted by atomic mass is 14.9. The molecule has 0 aliphatic carbocycles. The SMILES string of the molecule is CC1CC(C)C(N)=N1. The van der Waals surface area contributed by atoms with Crippen molar-refractivity contribution in [3.63, 3.8) is 0 Å². The topological polar surface area (TPSA) is 38.4 Å². The van der Waals surface area contributed by atoms with Gasteiger partial charge < -0.3 is 5.73 Å². The van der Waals surface area contributed by atoms with Gasteiger partial charge in [-0.25, -0.2) is 0 Å². The third kappa shape index (κ3) is 0.831. The van der Waals surface area contributed by atoms with E-state index in [1.54, 1.807) is 0 Å². The van der Waals surface area contributed by atoms with Crippen LogP contribution in [0.3, 0.4) is 0 Å². The molecule has 2 unspecified atom stereocenters. The number of hydrogen-bond donors (Lipinski definition) is 1. The summed E-state index contributed by atoms with van der Waals surface area (Å²) in [6, 6.07) is 0.463. The van der Waals surface area contributed by atoms with Crippen LogP contribution < -0.4 is 5.73 Å². The molecule has 1 aliphatic rings. The van der Waals surface area contributed by atoms with E-state index < -0.39 is 0 Å². The molecule has 1 rings (SSSR count). The molecular formula is C6H12N2. The predicted octanol–water partition coefficient (Wildman–Crippen LogP) is 0.772. The molecule has 0 aromatic carbocycles. The molecule has 0 spiro atoms. The van der Waals surface area contributed by atoms with Crippen LogP contribution in [0.5, 0.6) is 0 Å². The Morgan fingerprint density at radius 1 is 1.62 bits per heavy atom. The highest BCUT2D eigenvalue weighted by Gasteiger charge is 2.17. The third-order valence-corrected chi connectivity index (χ3v) is 1.57. The van der Waals surface area contributed by atoms with Gasteiger partial charge in [-0.3, -0.25) is 4.99 Å². The predicted molar refractivity (Wildman–Crippen MR) is 34.9 cm³/mol. The molecule has 0 aromatic rings. The average molecular weight is 112 g/mol. The van der Waals surface area contributed by atoms with Crippen molar-refractivity contribution < 1.29 is 0 Å². The Hall–Kier alpha value is -0.530. The van der Waals surface area contributed by atoms with Gasteiger partial charge in [-0.15, -0.1) is 0 Å². The van der Waals surface area contributed by atoms with E-state index in [4.69, 9.17) is 5.73 Å². The zero-order valence-electron chi connectivity index (χ0n) is 5.39. The molecule has 0 radical (unpaired) electrons. The summed E-state index contributed by atoms with van der Waals surface area (Å²) in [4.78, 5) is 4.16. The second-order valence-electron chi connectivity index (χ2n) is 2.54. The van der Waals surface area contributed by atoms with Crippen LogP contribution in [0.2, 0.25) is 0 Å². The van der Waals surface area contributed by atoms with E-state index in [9.17, 15) is 0 Å². The van der Waals surface area contributed by atoms with E-state index in [0.29, 0.717) is 12.0 Å². The Morgan fingerprint density at radius 3 is 2.38 bits per heavy atom. The van der Waals surface area contributed by atoms with Crippen molar-refractivity contribution in [3.05, 3.63) is 0 Å². The van der Waals surface area contributed by atoms with Gasteiger partial charge in [0.25, 0.3) is 0 Å². The Morgan fingerprint density at radius 2 is 2.25 bits per heavy atom. The molecule has 2 heteroatoms. The first kappa shape index (κ1) is 5.60. The standard InChI is InChI=1S/C6H12N2/c1-4-3-5(2)8-6(4)7/h4-5H,3H2,1-2H3,(H2,7,8). The zero-order valence-corrected chi connectivity index (χ0v) is 5.39. The fourth-order valence-electron chi connectivity index (χ4n) is 1.07. The first-order valence-electron chi connectivity index (χ1n) is 3.03. The van der Waals surface area contributed by atoms with Crippen molar-refractivity contribution in [3.8, 4) is 0 Å². The average Bonchev–Trinajstić information content (AvgIpc) is 1.85. The zero-order chi connectivity index (χ0) is 6.15. The molecule has 8 heavy (non-hydrogen) atoms. The van der Waals surface area contributed by atoms with E-state index in [2.05, 4.69) is 18.8 Å². The normalized spacial score (nSPS) is 37.5. The molecule has 1 heterocycles. The lowest BCUT2D eigenvalue weighted by Gasteiger charge is -1.97. The van der Waals surface area contributed by atoms with Crippen LogP contribution in [-0.2, 0) is 0 Å². The maximum absolute atomic E-state index is 5.52. The summed E-state index contributed by atoms with van der Waals surface area (Å²) in [5, 5.41) is 0. The summed E-state index contributed by atoms with van der Waals surface area (Å²) in [7, 11) is 0. The van der Waals surface area contributed by atoms with Crippen molar-refractivity contribution in [2.75, 3.05) is 0 Å². The van der Waals surface area contributed by atoms with Crippen LogP contribution in [0.15, 0.2) is 4.99 Å². The summed E-state index contributed by atoms with van der Waals surface area (Å²) in [6.07, 6.45) is 1.13. The maximum Gasteiger partial charge on any atom is 0.0969 e. The minimum Gasteiger partial charge on any atom is -0.387 e. The molecule has 2 nitrogen and oxygen atoms in total. The fraction of sp³-hybridized carbons (Fsp3) is 0.833. The van der Waals surface area contributed by atoms with Gasteiger partial charge in [0.05, 0.1) is 5.84 Å². The lowest BCUT2D eigenvalue weighted by molar-refractivity contribution is 0.641. The van der Waals surface area contributed by atoms with Gasteiger partial charge in [0.15, 0.2) is 0 Å². The van der Waals surface area contributed by atoms with Crippen molar-refractivity contribution in [1.82, 2.24) is 0 Å². The molecule has 0 fully saturated rings. The van der Waals surface area contributed by atoms with Crippen molar-refractivity contribution in [1.29, 1.82) is 0 Å². The minimum atomic E-state index is 0.463. The summed E-state index contributed by atoms with van der Waals surface area (Å²) < 4.78 is 0. The molecule has 2 N–H and O–H groups in total. The summed E-state index contributed by atoms with van der Waals surface area (Å²) in [5.41, 5.74) is 5.52. The highest BCUT2D eigenvalue weighted by molar-refractivity contribution is 5.84. The van der Waals surface area contributed by atoms with Crippen molar-refractivity contribution >= 4 is 5.84 Å². The van der Waals surface area contributed by atoms with Crippen LogP contribution in [0.4, 0.5) is 0 Å². The molecule has 2 atom stereocenters. The Kier molecular flexibility index (Phi) is 1.24. The Labute approximate surface area is 49.8 Å². The van der Waals surface area contributed by atoms with E-state index >= 15 is 0 Å². The van der Waals surface area contributed by atoms with Gasteiger partial charge in [-0.2, -0.15) is 0 Å².